The summed E-state index contributed by atoms with van der Waals surface area (Å²) in [6, 6.07) is 7.58. The van der Waals surface area contributed by atoms with Crippen molar-refractivity contribution in [1.82, 2.24) is 14.5 Å². The molecule has 0 atom stereocenters. The number of anilines is 1. The van der Waals surface area contributed by atoms with E-state index in [2.05, 4.69) is 22.2 Å². The monoisotopic (exact) mass is 326 g/mol. The summed E-state index contributed by atoms with van der Waals surface area (Å²) in [5, 5.41) is 3.56. The summed E-state index contributed by atoms with van der Waals surface area (Å²) in [5.41, 5.74) is 2.70. The van der Waals surface area contributed by atoms with Crippen LogP contribution in [0, 0.1) is 6.92 Å². The Morgan fingerprint density at radius 2 is 2.09 bits per heavy atom. The van der Waals surface area contributed by atoms with Gasteiger partial charge in [-0.05, 0) is 43.2 Å². The molecule has 0 unspecified atom stereocenters. The molecule has 118 valence electrons. The molecule has 0 aromatic carbocycles. The van der Waals surface area contributed by atoms with E-state index >= 15 is 0 Å². The summed E-state index contributed by atoms with van der Waals surface area (Å²) in [7, 11) is 0. The van der Waals surface area contributed by atoms with Crippen molar-refractivity contribution in [2.75, 3.05) is 5.32 Å². The second-order valence-corrected chi connectivity index (χ2v) is 6.30. The first-order chi connectivity index (χ1) is 11.2. The lowest BCUT2D eigenvalue weighted by molar-refractivity contribution is 0.101. The summed E-state index contributed by atoms with van der Waals surface area (Å²) in [6.45, 7) is 4.69. The number of rotatable bonds is 5. The number of hydrogen-bond donors (Lipinski definition) is 1. The highest BCUT2D eigenvalue weighted by molar-refractivity contribution is 7.15. The lowest BCUT2D eigenvalue weighted by Crippen LogP contribution is -2.17. The molecule has 0 fully saturated rings. The number of thiazole rings is 1. The number of aryl methyl sites for hydroxylation is 2. The van der Waals surface area contributed by atoms with Crippen molar-refractivity contribution in [3.8, 4) is 0 Å². The van der Waals surface area contributed by atoms with Gasteiger partial charge in [0.05, 0.1) is 5.69 Å². The van der Waals surface area contributed by atoms with Crippen molar-refractivity contribution in [3.05, 3.63) is 64.7 Å². The highest BCUT2D eigenvalue weighted by atomic mass is 32.1. The molecule has 0 spiro atoms. The van der Waals surface area contributed by atoms with Crippen molar-refractivity contribution in [1.29, 1.82) is 0 Å². The maximum Gasteiger partial charge on any atom is 0.274 e. The first kappa shape index (κ1) is 15.4. The van der Waals surface area contributed by atoms with Crippen LogP contribution >= 0.6 is 11.3 Å². The quantitative estimate of drug-likeness (QED) is 0.780. The van der Waals surface area contributed by atoms with Crippen molar-refractivity contribution in [2.45, 2.75) is 26.8 Å². The van der Waals surface area contributed by atoms with E-state index < -0.39 is 0 Å². The second kappa shape index (κ2) is 6.75. The van der Waals surface area contributed by atoms with Crippen LogP contribution in [0.3, 0.4) is 0 Å². The van der Waals surface area contributed by atoms with Gasteiger partial charge in [0.15, 0.2) is 5.13 Å². The third-order valence-corrected chi connectivity index (χ3v) is 4.82. The van der Waals surface area contributed by atoms with Crippen LogP contribution in [0.5, 0.6) is 0 Å². The van der Waals surface area contributed by atoms with Crippen molar-refractivity contribution < 1.29 is 4.79 Å². The highest BCUT2D eigenvalue weighted by Crippen LogP contribution is 2.23. The van der Waals surface area contributed by atoms with Crippen LogP contribution in [0.1, 0.15) is 33.5 Å². The van der Waals surface area contributed by atoms with Crippen molar-refractivity contribution >= 4 is 22.4 Å². The SMILES string of the molecule is CCc1sc(NC(=O)c2cccn2Cc2ccncc2)nc1C. The van der Waals surface area contributed by atoms with Crippen LogP contribution in [0.4, 0.5) is 5.13 Å². The van der Waals surface area contributed by atoms with Gasteiger partial charge in [-0.15, -0.1) is 11.3 Å². The van der Waals surface area contributed by atoms with Crippen molar-refractivity contribution in [3.63, 3.8) is 0 Å². The summed E-state index contributed by atoms with van der Waals surface area (Å²) in [4.78, 5) is 22.1. The van der Waals surface area contributed by atoms with Crippen LogP contribution in [-0.4, -0.2) is 20.4 Å². The number of pyridine rings is 1. The Hall–Kier alpha value is -2.47. The summed E-state index contributed by atoms with van der Waals surface area (Å²) < 4.78 is 1.92. The number of hydrogen-bond acceptors (Lipinski definition) is 4. The smallest absolute Gasteiger partial charge is 0.274 e. The number of nitrogens with one attached hydrogen (secondary N) is 1. The molecule has 0 aliphatic heterocycles. The minimum atomic E-state index is -0.138. The zero-order chi connectivity index (χ0) is 16.2. The van der Waals surface area contributed by atoms with E-state index in [1.165, 1.54) is 16.2 Å². The Kier molecular flexibility index (Phi) is 4.52. The minimum absolute atomic E-state index is 0.138. The molecule has 23 heavy (non-hydrogen) atoms. The highest BCUT2D eigenvalue weighted by Gasteiger charge is 2.14. The van der Waals surface area contributed by atoms with Gasteiger partial charge in [0, 0.05) is 30.0 Å². The zero-order valence-corrected chi connectivity index (χ0v) is 13.9. The predicted molar refractivity (Wildman–Crippen MR) is 92.0 cm³/mol. The number of nitrogens with zero attached hydrogens (tertiary/aromatic N) is 3. The largest absolute Gasteiger partial charge is 0.339 e. The summed E-state index contributed by atoms with van der Waals surface area (Å²) >= 11 is 1.53. The van der Waals surface area contributed by atoms with Crippen LogP contribution in [0.2, 0.25) is 0 Å². The molecule has 1 amide bonds. The molecule has 0 bridgehead atoms. The molecule has 0 aliphatic carbocycles. The average Bonchev–Trinajstić information content (AvgIpc) is 3.14. The van der Waals surface area contributed by atoms with Gasteiger partial charge in [0.1, 0.15) is 5.69 Å². The first-order valence-corrected chi connectivity index (χ1v) is 8.30. The number of carbonyl (C=O) groups is 1. The molecule has 3 aromatic heterocycles. The Labute approximate surface area is 139 Å². The molecule has 3 heterocycles. The van der Waals surface area contributed by atoms with E-state index in [0.717, 1.165) is 17.7 Å². The standard InChI is InChI=1S/C17H18N4OS/c1-3-15-12(2)19-17(23-15)20-16(22)14-5-4-10-21(14)11-13-6-8-18-9-7-13/h4-10H,3,11H2,1-2H3,(H,19,20,22). The average molecular weight is 326 g/mol. The van der Waals surface area contributed by atoms with E-state index in [9.17, 15) is 4.79 Å². The molecule has 3 rings (SSSR count). The van der Waals surface area contributed by atoms with E-state index in [1.54, 1.807) is 12.4 Å². The van der Waals surface area contributed by atoms with Gasteiger partial charge in [0.2, 0.25) is 0 Å². The number of carbonyl (C=O) groups excluding carboxylic acids is 1. The van der Waals surface area contributed by atoms with E-state index in [0.29, 0.717) is 17.4 Å². The lowest BCUT2D eigenvalue weighted by atomic mass is 10.2. The van der Waals surface area contributed by atoms with Gasteiger partial charge in [0.25, 0.3) is 5.91 Å². The lowest BCUT2D eigenvalue weighted by Gasteiger charge is -2.08. The maximum atomic E-state index is 12.5. The van der Waals surface area contributed by atoms with E-state index in [1.807, 2.05) is 42.0 Å². The van der Waals surface area contributed by atoms with Gasteiger partial charge in [-0.3, -0.25) is 15.1 Å². The molecule has 3 aromatic rings. The van der Waals surface area contributed by atoms with Gasteiger partial charge >= 0.3 is 0 Å². The van der Waals surface area contributed by atoms with Crippen LogP contribution < -0.4 is 5.32 Å². The fourth-order valence-electron chi connectivity index (χ4n) is 2.41. The molecule has 0 saturated heterocycles. The van der Waals surface area contributed by atoms with Crippen LogP contribution in [-0.2, 0) is 13.0 Å². The van der Waals surface area contributed by atoms with Crippen molar-refractivity contribution in [2.24, 2.45) is 0 Å². The van der Waals surface area contributed by atoms with Crippen LogP contribution in [0.15, 0.2) is 42.9 Å². The Morgan fingerprint density at radius 1 is 1.30 bits per heavy atom. The van der Waals surface area contributed by atoms with Gasteiger partial charge in [-0.25, -0.2) is 4.98 Å². The molecule has 1 N–H and O–H groups in total. The van der Waals surface area contributed by atoms with E-state index in [-0.39, 0.29) is 5.91 Å². The predicted octanol–water partition coefficient (Wildman–Crippen LogP) is 3.51. The maximum absolute atomic E-state index is 12.5. The van der Waals surface area contributed by atoms with Gasteiger partial charge < -0.3 is 4.57 Å². The summed E-state index contributed by atoms with van der Waals surface area (Å²) in [5.74, 6) is -0.138. The third kappa shape index (κ3) is 3.48. The molecule has 5 nitrogen and oxygen atoms in total. The minimum Gasteiger partial charge on any atom is -0.339 e. The molecule has 6 heteroatoms. The van der Waals surface area contributed by atoms with Gasteiger partial charge in [-0.2, -0.15) is 0 Å². The topological polar surface area (TPSA) is 59.8 Å². The Balaban J connectivity index is 1.76. The third-order valence-electron chi connectivity index (χ3n) is 3.60. The first-order valence-electron chi connectivity index (χ1n) is 7.49. The fraction of sp³-hybridized carbons (Fsp3) is 0.235. The molecular formula is C17H18N4OS. The van der Waals surface area contributed by atoms with Gasteiger partial charge in [-0.1, -0.05) is 6.92 Å². The normalized spacial score (nSPS) is 10.7. The number of aromatic nitrogens is 3. The zero-order valence-electron chi connectivity index (χ0n) is 13.1. The molecule has 0 aliphatic rings. The Bertz CT molecular complexity index is 807. The Morgan fingerprint density at radius 3 is 2.78 bits per heavy atom. The molecule has 0 saturated carbocycles. The van der Waals surface area contributed by atoms with Crippen LogP contribution in [0.25, 0.3) is 0 Å². The van der Waals surface area contributed by atoms with E-state index in [4.69, 9.17) is 0 Å². The summed E-state index contributed by atoms with van der Waals surface area (Å²) in [6.07, 6.45) is 6.34. The second-order valence-electron chi connectivity index (χ2n) is 5.21. The fourth-order valence-corrected chi connectivity index (χ4v) is 3.31. The molecule has 0 radical (unpaired) electrons. The molecular weight excluding hydrogens is 308 g/mol. The number of amides is 1.